The molecule has 0 bridgehead atoms. The van der Waals surface area contributed by atoms with Crippen LogP contribution in [0, 0.1) is 0 Å². The Kier molecular flexibility index (Phi) is 3.81. The predicted octanol–water partition coefficient (Wildman–Crippen LogP) is 2.53. The first-order valence-electron chi connectivity index (χ1n) is 7.72. The molecule has 0 radical (unpaired) electrons. The Labute approximate surface area is 143 Å². The molecule has 0 saturated heterocycles. The third-order valence-corrected chi connectivity index (χ3v) is 4.75. The Morgan fingerprint density at radius 2 is 1.75 bits per heavy atom. The standard InChI is InChI=1S/C16H17N7S/c17-14-20-13(21-15(18)22-14)9-24-16-19-8-12(23(16)11-6-7-11)10-4-2-1-3-5-10/h1-5,8,11H,6-7,9H2,(H4,17,18,20,21,22). The predicted molar refractivity (Wildman–Crippen MR) is 94.1 cm³/mol. The van der Waals surface area contributed by atoms with Crippen LogP contribution >= 0.6 is 11.8 Å². The normalized spacial score (nSPS) is 14.0. The number of anilines is 2. The third-order valence-electron chi connectivity index (χ3n) is 3.79. The van der Waals surface area contributed by atoms with Crippen molar-refractivity contribution in [3.63, 3.8) is 0 Å². The minimum atomic E-state index is 0.147. The Balaban J connectivity index is 1.61. The van der Waals surface area contributed by atoms with Crippen LogP contribution in [0.1, 0.15) is 24.7 Å². The number of hydrogen-bond acceptors (Lipinski definition) is 7. The van der Waals surface area contributed by atoms with Crippen LogP contribution in [-0.2, 0) is 5.75 Å². The molecule has 122 valence electrons. The van der Waals surface area contributed by atoms with Gasteiger partial charge in [-0.15, -0.1) is 0 Å². The van der Waals surface area contributed by atoms with Crippen LogP contribution < -0.4 is 11.5 Å². The molecule has 1 aromatic carbocycles. The first kappa shape index (κ1) is 14.9. The number of hydrogen-bond donors (Lipinski definition) is 2. The van der Waals surface area contributed by atoms with E-state index in [9.17, 15) is 0 Å². The van der Waals surface area contributed by atoms with Crippen molar-refractivity contribution in [2.75, 3.05) is 11.5 Å². The van der Waals surface area contributed by atoms with Crippen LogP contribution in [-0.4, -0.2) is 24.5 Å². The maximum atomic E-state index is 5.62. The maximum Gasteiger partial charge on any atom is 0.225 e. The molecule has 2 heterocycles. The summed E-state index contributed by atoms with van der Waals surface area (Å²) in [5.74, 6) is 1.41. The highest BCUT2D eigenvalue weighted by Crippen LogP contribution is 2.42. The van der Waals surface area contributed by atoms with Crippen LogP contribution in [0.4, 0.5) is 11.9 Å². The molecular weight excluding hydrogens is 322 g/mol. The fraction of sp³-hybridized carbons (Fsp3) is 0.250. The van der Waals surface area contributed by atoms with Gasteiger partial charge < -0.3 is 16.0 Å². The summed E-state index contributed by atoms with van der Waals surface area (Å²) >= 11 is 1.59. The van der Waals surface area contributed by atoms with Crippen molar-refractivity contribution in [3.05, 3.63) is 42.4 Å². The first-order valence-corrected chi connectivity index (χ1v) is 8.70. The number of aromatic nitrogens is 5. The zero-order valence-electron chi connectivity index (χ0n) is 13.0. The number of nitrogens with two attached hydrogens (primary N) is 2. The second-order valence-corrected chi connectivity index (χ2v) is 6.59. The third kappa shape index (κ3) is 3.05. The molecule has 0 atom stereocenters. The van der Waals surface area contributed by atoms with Gasteiger partial charge >= 0.3 is 0 Å². The van der Waals surface area contributed by atoms with E-state index in [2.05, 4.69) is 36.6 Å². The molecule has 8 heteroatoms. The Morgan fingerprint density at radius 3 is 2.42 bits per heavy atom. The molecule has 1 fully saturated rings. The van der Waals surface area contributed by atoms with E-state index in [4.69, 9.17) is 11.5 Å². The van der Waals surface area contributed by atoms with Gasteiger partial charge in [-0.2, -0.15) is 15.0 Å². The zero-order valence-corrected chi connectivity index (χ0v) is 13.8. The van der Waals surface area contributed by atoms with Crippen LogP contribution in [0.5, 0.6) is 0 Å². The van der Waals surface area contributed by atoms with Crippen molar-refractivity contribution >= 4 is 23.7 Å². The lowest BCUT2D eigenvalue weighted by molar-refractivity contribution is 0.669. The molecule has 3 aromatic rings. The van der Waals surface area contributed by atoms with Gasteiger partial charge in [0.05, 0.1) is 17.6 Å². The number of imidazole rings is 1. The van der Waals surface area contributed by atoms with Crippen LogP contribution in [0.15, 0.2) is 41.7 Å². The van der Waals surface area contributed by atoms with E-state index in [0.717, 1.165) is 10.9 Å². The van der Waals surface area contributed by atoms with E-state index in [-0.39, 0.29) is 11.9 Å². The van der Waals surface area contributed by atoms with Crippen molar-refractivity contribution in [3.8, 4) is 11.3 Å². The second-order valence-electron chi connectivity index (χ2n) is 5.65. The molecule has 4 N–H and O–H groups in total. The van der Waals surface area contributed by atoms with Gasteiger partial charge in [0.1, 0.15) is 5.82 Å². The van der Waals surface area contributed by atoms with Gasteiger partial charge in [-0.3, -0.25) is 0 Å². The Hall–Kier alpha value is -2.61. The van der Waals surface area contributed by atoms with Crippen LogP contribution in [0.2, 0.25) is 0 Å². The summed E-state index contributed by atoms with van der Waals surface area (Å²) in [6, 6.07) is 10.9. The molecule has 0 aliphatic heterocycles. The summed E-state index contributed by atoms with van der Waals surface area (Å²) < 4.78 is 2.31. The van der Waals surface area contributed by atoms with E-state index in [1.807, 2.05) is 24.4 Å². The average molecular weight is 339 g/mol. The van der Waals surface area contributed by atoms with Gasteiger partial charge in [0, 0.05) is 6.04 Å². The molecule has 1 aliphatic rings. The molecule has 1 aliphatic carbocycles. The SMILES string of the molecule is Nc1nc(N)nc(CSc2ncc(-c3ccccc3)n2C2CC2)n1. The quantitative estimate of drug-likeness (QED) is 0.687. The highest BCUT2D eigenvalue weighted by atomic mass is 32.2. The fourth-order valence-corrected chi connectivity index (χ4v) is 3.51. The summed E-state index contributed by atoms with van der Waals surface area (Å²) in [6.45, 7) is 0. The van der Waals surface area contributed by atoms with Crippen molar-refractivity contribution in [2.45, 2.75) is 29.8 Å². The second kappa shape index (κ2) is 6.12. The minimum Gasteiger partial charge on any atom is -0.368 e. The molecule has 7 nitrogen and oxygen atoms in total. The van der Waals surface area contributed by atoms with Crippen LogP contribution in [0.25, 0.3) is 11.3 Å². The van der Waals surface area contributed by atoms with Crippen molar-refractivity contribution in [1.29, 1.82) is 0 Å². The van der Waals surface area contributed by atoms with E-state index >= 15 is 0 Å². The zero-order chi connectivity index (χ0) is 16.5. The smallest absolute Gasteiger partial charge is 0.225 e. The van der Waals surface area contributed by atoms with Crippen molar-refractivity contribution in [1.82, 2.24) is 24.5 Å². The molecule has 0 amide bonds. The van der Waals surface area contributed by atoms with E-state index in [1.54, 1.807) is 11.8 Å². The first-order chi connectivity index (χ1) is 11.7. The molecule has 1 saturated carbocycles. The summed E-state index contributed by atoms with van der Waals surface area (Å²) in [4.78, 5) is 16.6. The monoisotopic (exact) mass is 339 g/mol. The lowest BCUT2D eigenvalue weighted by Gasteiger charge is -2.10. The van der Waals surface area contributed by atoms with Gasteiger partial charge in [0.2, 0.25) is 11.9 Å². The largest absolute Gasteiger partial charge is 0.368 e. The number of nitrogens with zero attached hydrogens (tertiary/aromatic N) is 5. The Morgan fingerprint density at radius 1 is 1.04 bits per heavy atom. The lowest BCUT2D eigenvalue weighted by Crippen LogP contribution is -2.06. The van der Waals surface area contributed by atoms with Crippen molar-refractivity contribution < 1.29 is 0 Å². The summed E-state index contributed by atoms with van der Waals surface area (Å²) in [6.07, 6.45) is 4.32. The van der Waals surface area contributed by atoms with Gasteiger partial charge in [-0.25, -0.2) is 4.98 Å². The topological polar surface area (TPSA) is 109 Å². The van der Waals surface area contributed by atoms with E-state index in [1.165, 1.54) is 18.4 Å². The fourth-order valence-electron chi connectivity index (χ4n) is 2.61. The van der Waals surface area contributed by atoms with Crippen molar-refractivity contribution in [2.24, 2.45) is 0 Å². The molecule has 24 heavy (non-hydrogen) atoms. The highest BCUT2D eigenvalue weighted by Gasteiger charge is 2.29. The lowest BCUT2D eigenvalue weighted by atomic mass is 10.2. The van der Waals surface area contributed by atoms with E-state index < -0.39 is 0 Å². The summed E-state index contributed by atoms with van der Waals surface area (Å²) in [5.41, 5.74) is 13.6. The van der Waals surface area contributed by atoms with Gasteiger partial charge in [-0.1, -0.05) is 42.1 Å². The molecule has 2 aromatic heterocycles. The Bertz CT molecular complexity index is 838. The number of rotatable bonds is 5. The summed E-state index contributed by atoms with van der Waals surface area (Å²) in [7, 11) is 0. The number of nitrogen functional groups attached to an aromatic ring is 2. The average Bonchev–Trinajstić information content (AvgIpc) is 3.32. The van der Waals surface area contributed by atoms with Gasteiger partial charge in [0.15, 0.2) is 5.16 Å². The van der Waals surface area contributed by atoms with Crippen LogP contribution in [0.3, 0.4) is 0 Å². The van der Waals surface area contributed by atoms with E-state index in [0.29, 0.717) is 17.6 Å². The number of thioether (sulfide) groups is 1. The summed E-state index contributed by atoms with van der Waals surface area (Å²) in [5, 5.41) is 0.967. The minimum absolute atomic E-state index is 0.147. The number of benzene rings is 1. The molecule has 0 unspecified atom stereocenters. The highest BCUT2D eigenvalue weighted by molar-refractivity contribution is 7.98. The maximum absolute atomic E-state index is 5.62. The molecular formula is C16H17N7S. The molecule has 4 rings (SSSR count). The van der Waals surface area contributed by atoms with Gasteiger partial charge in [0.25, 0.3) is 0 Å². The molecule has 0 spiro atoms. The van der Waals surface area contributed by atoms with Gasteiger partial charge in [-0.05, 0) is 18.4 Å².